The van der Waals surface area contributed by atoms with Gasteiger partial charge in [0.1, 0.15) is 11.5 Å². The van der Waals surface area contributed by atoms with Crippen LogP contribution >= 0.6 is 24.0 Å². The summed E-state index contributed by atoms with van der Waals surface area (Å²) in [7, 11) is 3.15. The predicted octanol–water partition coefficient (Wildman–Crippen LogP) is 1.91. The summed E-state index contributed by atoms with van der Waals surface area (Å²) in [5, 5.41) is 13.9. The number of hydrogen-bond acceptors (Lipinski definition) is 5. The molecule has 0 aliphatic carbocycles. The third-order valence-corrected chi connectivity index (χ3v) is 4.82. The number of nitrogens with zero attached hydrogens (tertiary/aromatic N) is 2. The van der Waals surface area contributed by atoms with E-state index in [2.05, 4.69) is 15.2 Å². The molecule has 0 saturated carbocycles. The van der Waals surface area contributed by atoms with Crippen LogP contribution in [0.2, 0.25) is 0 Å². The number of methoxy groups -OCH3 is 2. The van der Waals surface area contributed by atoms with E-state index < -0.39 is 6.10 Å². The van der Waals surface area contributed by atoms with Crippen molar-refractivity contribution in [2.24, 2.45) is 16.6 Å². The van der Waals surface area contributed by atoms with E-state index in [0.717, 1.165) is 38.4 Å². The second kappa shape index (κ2) is 12.7. The molecule has 4 N–H and O–H groups in total. The van der Waals surface area contributed by atoms with Crippen LogP contribution in [0.4, 0.5) is 0 Å². The summed E-state index contributed by atoms with van der Waals surface area (Å²) >= 11 is 0. The summed E-state index contributed by atoms with van der Waals surface area (Å²) in [4.78, 5) is 18.0. The number of aliphatic imine (C=N–C) groups is 1. The fourth-order valence-corrected chi connectivity index (χ4v) is 3.43. The maximum atomic E-state index is 11.3. The minimum atomic E-state index is -0.788. The summed E-state index contributed by atoms with van der Waals surface area (Å²) < 4.78 is 10.5. The van der Waals surface area contributed by atoms with Crippen molar-refractivity contribution in [2.75, 3.05) is 40.4 Å². The molecule has 1 heterocycles. The second-order valence-corrected chi connectivity index (χ2v) is 6.98. The minimum Gasteiger partial charge on any atom is -0.497 e. The molecule has 1 aromatic carbocycles. The van der Waals surface area contributed by atoms with Crippen molar-refractivity contribution in [2.45, 2.75) is 32.3 Å². The van der Waals surface area contributed by atoms with Crippen LogP contribution in [0.1, 0.15) is 37.9 Å². The highest BCUT2D eigenvalue weighted by Gasteiger charge is 2.24. The Balaban J connectivity index is 0.00000420. The molecule has 0 radical (unpaired) electrons. The Labute approximate surface area is 189 Å². The molecule has 0 aromatic heterocycles. The first-order chi connectivity index (χ1) is 13.5. The first kappa shape index (κ1) is 25.3. The van der Waals surface area contributed by atoms with Gasteiger partial charge in [0.15, 0.2) is 5.96 Å². The van der Waals surface area contributed by atoms with E-state index >= 15 is 0 Å². The monoisotopic (exact) mass is 520 g/mol. The third kappa shape index (κ3) is 7.88. The Morgan fingerprint density at radius 1 is 1.34 bits per heavy atom. The van der Waals surface area contributed by atoms with E-state index in [1.54, 1.807) is 32.4 Å². The van der Waals surface area contributed by atoms with Crippen LogP contribution in [0.3, 0.4) is 0 Å². The number of amides is 1. The summed E-state index contributed by atoms with van der Waals surface area (Å²) in [6, 6.07) is 5.31. The number of carbonyl (C=O) groups excluding carboxylic acids is 1. The molecule has 0 bridgehead atoms. The Bertz CT molecular complexity index is 664. The normalized spacial score (nSPS) is 17.9. The van der Waals surface area contributed by atoms with E-state index in [4.69, 9.17) is 15.2 Å². The third-order valence-electron chi connectivity index (χ3n) is 4.82. The topological polar surface area (TPSA) is 109 Å². The Morgan fingerprint density at radius 3 is 2.55 bits per heavy atom. The zero-order valence-corrected chi connectivity index (χ0v) is 19.7. The van der Waals surface area contributed by atoms with E-state index in [0.29, 0.717) is 23.5 Å². The molecule has 9 heteroatoms. The number of carbonyl (C=O) groups is 1. The summed E-state index contributed by atoms with van der Waals surface area (Å²) in [5.41, 5.74) is 6.04. The second-order valence-electron chi connectivity index (χ2n) is 6.98. The van der Waals surface area contributed by atoms with Gasteiger partial charge in [0, 0.05) is 32.1 Å². The lowest BCUT2D eigenvalue weighted by atomic mass is 9.95. The van der Waals surface area contributed by atoms with Crippen LogP contribution in [0.25, 0.3) is 0 Å². The lowest BCUT2D eigenvalue weighted by Gasteiger charge is -2.34. The van der Waals surface area contributed by atoms with Gasteiger partial charge in [-0.3, -0.25) is 9.79 Å². The van der Waals surface area contributed by atoms with Gasteiger partial charge in [-0.1, -0.05) is 0 Å². The van der Waals surface area contributed by atoms with Crippen molar-refractivity contribution in [1.82, 2.24) is 10.2 Å². The molecule has 164 valence electrons. The maximum Gasteiger partial charge on any atom is 0.217 e. The zero-order valence-electron chi connectivity index (χ0n) is 17.4. The fourth-order valence-electron chi connectivity index (χ4n) is 3.43. The molecule has 1 aromatic rings. The molecular formula is C20H33IN4O4. The van der Waals surface area contributed by atoms with Gasteiger partial charge < -0.3 is 30.5 Å². The van der Waals surface area contributed by atoms with Crippen LogP contribution in [-0.4, -0.2) is 62.3 Å². The van der Waals surface area contributed by atoms with Crippen molar-refractivity contribution in [1.29, 1.82) is 0 Å². The minimum absolute atomic E-state index is 0. The number of ether oxygens (including phenoxy) is 2. The highest BCUT2D eigenvalue weighted by atomic mass is 127. The predicted molar refractivity (Wildman–Crippen MR) is 124 cm³/mol. The van der Waals surface area contributed by atoms with Crippen LogP contribution in [0.5, 0.6) is 11.5 Å². The van der Waals surface area contributed by atoms with Crippen molar-refractivity contribution in [3.05, 3.63) is 23.8 Å². The SMILES string of the molecule is CCNC(=NCC(O)c1cc(OC)cc(OC)c1)N1CCCC(CC(N)=O)C1.I. The number of likely N-dealkylation sites (tertiary alicyclic amines) is 1. The first-order valence-electron chi connectivity index (χ1n) is 9.69. The summed E-state index contributed by atoms with van der Waals surface area (Å²) in [6.45, 7) is 4.53. The molecule has 1 aliphatic rings. The van der Waals surface area contributed by atoms with Gasteiger partial charge >= 0.3 is 0 Å². The number of benzene rings is 1. The lowest BCUT2D eigenvalue weighted by molar-refractivity contribution is -0.119. The standard InChI is InChI=1S/C20H32N4O4.HI/c1-4-22-20(24-7-5-6-14(13-24)8-19(21)26)23-12-18(25)15-9-16(27-2)11-17(10-15)28-3;/h9-11,14,18,25H,4-8,12-13H2,1-3H3,(H2,21,26)(H,22,23);1H. The number of aliphatic hydroxyl groups excluding tert-OH is 1. The molecular weight excluding hydrogens is 487 g/mol. The summed E-state index contributed by atoms with van der Waals surface area (Å²) in [5.74, 6) is 1.95. The quantitative estimate of drug-likeness (QED) is 0.275. The molecule has 1 saturated heterocycles. The Kier molecular flexibility index (Phi) is 11.1. The zero-order chi connectivity index (χ0) is 20.5. The molecule has 8 nitrogen and oxygen atoms in total. The number of aliphatic hydroxyl groups is 1. The number of primary amides is 1. The molecule has 2 rings (SSSR count). The number of nitrogens with one attached hydrogen (secondary N) is 1. The number of guanidine groups is 1. The Hall–Kier alpha value is -1.75. The van der Waals surface area contributed by atoms with Gasteiger partial charge in [-0.15, -0.1) is 24.0 Å². The van der Waals surface area contributed by atoms with Crippen molar-refractivity contribution < 1.29 is 19.4 Å². The smallest absolute Gasteiger partial charge is 0.217 e. The van der Waals surface area contributed by atoms with Gasteiger partial charge in [0.05, 0.1) is 26.9 Å². The number of rotatable bonds is 8. The van der Waals surface area contributed by atoms with Crippen molar-refractivity contribution >= 4 is 35.8 Å². The fraction of sp³-hybridized carbons (Fsp3) is 0.600. The van der Waals surface area contributed by atoms with E-state index in [-0.39, 0.29) is 42.3 Å². The van der Waals surface area contributed by atoms with Gasteiger partial charge in [0.25, 0.3) is 0 Å². The highest BCUT2D eigenvalue weighted by Crippen LogP contribution is 2.27. The number of nitrogens with two attached hydrogens (primary N) is 1. The van der Waals surface area contributed by atoms with Crippen LogP contribution in [0.15, 0.2) is 23.2 Å². The Morgan fingerprint density at radius 2 is 2.00 bits per heavy atom. The average molecular weight is 520 g/mol. The number of hydrogen-bond donors (Lipinski definition) is 3. The van der Waals surface area contributed by atoms with Gasteiger partial charge in [-0.2, -0.15) is 0 Å². The molecule has 29 heavy (non-hydrogen) atoms. The summed E-state index contributed by atoms with van der Waals surface area (Å²) in [6.07, 6.45) is 1.58. The number of piperidine rings is 1. The molecule has 1 amide bonds. The van der Waals surface area contributed by atoms with E-state index in [1.165, 1.54) is 0 Å². The largest absolute Gasteiger partial charge is 0.497 e. The van der Waals surface area contributed by atoms with Crippen LogP contribution in [-0.2, 0) is 4.79 Å². The molecule has 2 unspecified atom stereocenters. The number of halogens is 1. The molecule has 2 atom stereocenters. The van der Waals surface area contributed by atoms with Crippen LogP contribution < -0.4 is 20.5 Å². The van der Waals surface area contributed by atoms with E-state index in [9.17, 15) is 9.90 Å². The maximum absolute atomic E-state index is 11.3. The highest BCUT2D eigenvalue weighted by molar-refractivity contribution is 14.0. The van der Waals surface area contributed by atoms with Crippen LogP contribution in [0, 0.1) is 5.92 Å². The van der Waals surface area contributed by atoms with Gasteiger partial charge in [-0.25, -0.2) is 0 Å². The molecule has 1 aliphatic heterocycles. The van der Waals surface area contributed by atoms with E-state index in [1.807, 2.05) is 6.92 Å². The first-order valence-corrected chi connectivity index (χ1v) is 9.69. The van der Waals surface area contributed by atoms with Crippen molar-refractivity contribution in [3.8, 4) is 11.5 Å². The lowest BCUT2D eigenvalue weighted by Crippen LogP contribution is -2.47. The van der Waals surface area contributed by atoms with Gasteiger partial charge in [0.2, 0.25) is 5.91 Å². The van der Waals surface area contributed by atoms with Gasteiger partial charge in [-0.05, 0) is 43.4 Å². The molecule has 1 fully saturated rings. The molecule has 0 spiro atoms. The average Bonchev–Trinajstić information content (AvgIpc) is 2.70. The van der Waals surface area contributed by atoms with Crippen molar-refractivity contribution in [3.63, 3.8) is 0 Å².